The molecular formula is C40H55N5O7S. The van der Waals surface area contributed by atoms with E-state index < -0.39 is 30.0 Å². The van der Waals surface area contributed by atoms with Crippen LogP contribution in [0.25, 0.3) is 0 Å². The monoisotopic (exact) mass is 749 g/mol. The van der Waals surface area contributed by atoms with Crippen LogP contribution in [0.1, 0.15) is 98.1 Å². The molecule has 2 aromatic carbocycles. The molecule has 53 heavy (non-hydrogen) atoms. The first-order valence-corrected chi connectivity index (χ1v) is 19.3. The smallest absolute Gasteiger partial charge is 0.308 e. The highest BCUT2D eigenvalue weighted by Gasteiger charge is 2.34. The van der Waals surface area contributed by atoms with Crippen LogP contribution in [-0.2, 0) is 25.5 Å². The van der Waals surface area contributed by atoms with Gasteiger partial charge < -0.3 is 30.5 Å². The van der Waals surface area contributed by atoms with E-state index in [4.69, 9.17) is 9.47 Å². The number of amides is 3. The lowest BCUT2D eigenvalue weighted by atomic mass is 9.95. The standard InChI is InChI=1S/C40H55N5O7S/c1-7-25(2)35(44-37(48)33-15-11-12-20-45(33)4)38(49)42-31(28-16-18-30(51-5)19-17-28)23-34(46)39-43-32(24-53-39)36(47)41-29(21-26(3)40(50)52-6)22-27-13-9-8-10-14-27/h8-10,13-14,16-19,24-26,29,31,33-35,46H,7,11-12,15,20-23H2,1-6H3,(H,41,47)(H,42,49)(H,44,48)/t25-,26?,29?,31+,33+,34+,35-/m0/s1. The van der Waals surface area contributed by atoms with E-state index in [1.807, 2.05) is 68.3 Å². The van der Waals surface area contributed by atoms with E-state index >= 15 is 0 Å². The average molecular weight is 750 g/mol. The van der Waals surface area contributed by atoms with Gasteiger partial charge in [0.1, 0.15) is 28.6 Å². The van der Waals surface area contributed by atoms with Crippen molar-refractivity contribution in [3.05, 3.63) is 81.8 Å². The third kappa shape index (κ3) is 11.8. The molecule has 2 heterocycles. The van der Waals surface area contributed by atoms with Crippen LogP contribution < -0.4 is 20.7 Å². The number of esters is 1. The van der Waals surface area contributed by atoms with E-state index in [0.29, 0.717) is 30.0 Å². The molecule has 0 aliphatic carbocycles. The molecule has 1 aliphatic heterocycles. The normalized spacial score (nSPS) is 18.1. The Hall–Kier alpha value is -4.33. The predicted octanol–water partition coefficient (Wildman–Crippen LogP) is 4.99. The molecule has 288 valence electrons. The number of carbonyl (C=O) groups is 4. The number of aromatic nitrogens is 1. The number of ether oxygens (including phenoxy) is 2. The van der Waals surface area contributed by atoms with Gasteiger partial charge >= 0.3 is 5.97 Å². The van der Waals surface area contributed by atoms with Crippen LogP contribution in [0.15, 0.2) is 60.0 Å². The molecule has 1 saturated heterocycles. The molecule has 13 heteroatoms. The number of likely N-dealkylation sites (tertiary alicyclic amines) is 1. The van der Waals surface area contributed by atoms with E-state index in [0.717, 1.165) is 48.3 Å². The number of carbonyl (C=O) groups excluding carboxylic acids is 4. The zero-order valence-corrected chi connectivity index (χ0v) is 32.5. The average Bonchev–Trinajstić information content (AvgIpc) is 3.67. The minimum absolute atomic E-state index is 0.0620. The third-order valence-electron chi connectivity index (χ3n) is 10.1. The van der Waals surface area contributed by atoms with Gasteiger partial charge in [-0.05, 0) is 68.5 Å². The van der Waals surface area contributed by atoms with Crippen LogP contribution in [0.5, 0.6) is 5.75 Å². The summed E-state index contributed by atoms with van der Waals surface area (Å²) in [7, 11) is 4.85. The molecule has 2 unspecified atom stereocenters. The maximum absolute atomic E-state index is 14.0. The summed E-state index contributed by atoms with van der Waals surface area (Å²) in [5.41, 5.74) is 1.88. The Kier molecular flexibility index (Phi) is 15.8. The fourth-order valence-electron chi connectivity index (χ4n) is 6.68. The molecule has 0 spiro atoms. The largest absolute Gasteiger partial charge is 0.497 e. The first kappa shape index (κ1) is 41.4. The summed E-state index contributed by atoms with van der Waals surface area (Å²) in [4.78, 5) is 59.6. The van der Waals surface area contributed by atoms with Crippen LogP contribution in [0.4, 0.5) is 0 Å². The van der Waals surface area contributed by atoms with Crippen molar-refractivity contribution >= 4 is 35.0 Å². The molecule has 0 radical (unpaired) electrons. The summed E-state index contributed by atoms with van der Waals surface area (Å²) in [6.45, 7) is 6.52. The summed E-state index contributed by atoms with van der Waals surface area (Å²) < 4.78 is 10.3. The van der Waals surface area contributed by atoms with E-state index in [1.165, 1.54) is 7.11 Å². The second-order valence-corrected chi connectivity index (χ2v) is 14.9. The molecule has 1 aromatic heterocycles. The van der Waals surface area contributed by atoms with Gasteiger partial charge in [0.2, 0.25) is 11.8 Å². The molecule has 1 aliphatic rings. The van der Waals surface area contributed by atoms with Crippen molar-refractivity contribution in [2.75, 3.05) is 27.8 Å². The fraction of sp³-hybridized carbons (Fsp3) is 0.525. The Bertz CT molecular complexity index is 1640. The van der Waals surface area contributed by atoms with Gasteiger partial charge in [-0.25, -0.2) is 4.98 Å². The molecule has 12 nitrogen and oxygen atoms in total. The molecule has 7 atom stereocenters. The number of piperidine rings is 1. The quantitative estimate of drug-likeness (QED) is 0.132. The maximum Gasteiger partial charge on any atom is 0.308 e. The van der Waals surface area contributed by atoms with E-state index in [2.05, 4.69) is 20.9 Å². The Morgan fingerprint density at radius 1 is 0.981 bits per heavy atom. The van der Waals surface area contributed by atoms with Crippen molar-refractivity contribution in [1.29, 1.82) is 0 Å². The zero-order valence-electron chi connectivity index (χ0n) is 31.7. The number of likely N-dealkylation sites (N-methyl/N-ethyl adjacent to an activating group) is 1. The van der Waals surface area contributed by atoms with Gasteiger partial charge in [-0.1, -0.05) is 76.1 Å². The second kappa shape index (κ2) is 20.2. The van der Waals surface area contributed by atoms with Crippen molar-refractivity contribution in [2.45, 2.75) is 96.0 Å². The van der Waals surface area contributed by atoms with Crippen molar-refractivity contribution < 1.29 is 33.8 Å². The van der Waals surface area contributed by atoms with Gasteiger partial charge in [0.05, 0.1) is 32.2 Å². The molecular weight excluding hydrogens is 695 g/mol. The number of thiazole rings is 1. The lowest BCUT2D eigenvalue weighted by molar-refractivity contribution is -0.145. The summed E-state index contributed by atoms with van der Waals surface area (Å²) in [5, 5.41) is 22.6. The highest BCUT2D eigenvalue weighted by Crippen LogP contribution is 2.30. The van der Waals surface area contributed by atoms with Crippen LogP contribution >= 0.6 is 11.3 Å². The highest BCUT2D eigenvalue weighted by molar-refractivity contribution is 7.09. The van der Waals surface area contributed by atoms with Crippen molar-refractivity contribution in [3.8, 4) is 5.75 Å². The topological polar surface area (TPSA) is 159 Å². The maximum atomic E-state index is 14.0. The van der Waals surface area contributed by atoms with Gasteiger partial charge in [-0.15, -0.1) is 11.3 Å². The molecule has 0 bridgehead atoms. The van der Waals surface area contributed by atoms with Crippen LogP contribution in [0, 0.1) is 11.8 Å². The van der Waals surface area contributed by atoms with Gasteiger partial charge in [0, 0.05) is 17.8 Å². The Balaban J connectivity index is 1.50. The van der Waals surface area contributed by atoms with Crippen molar-refractivity contribution in [1.82, 2.24) is 25.8 Å². The minimum atomic E-state index is -1.12. The van der Waals surface area contributed by atoms with Crippen molar-refractivity contribution in [3.63, 3.8) is 0 Å². The zero-order chi connectivity index (χ0) is 38.5. The molecule has 3 aromatic rings. The van der Waals surface area contributed by atoms with Gasteiger partial charge in [-0.2, -0.15) is 0 Å². The number of nitrogens with one attached hydrogen (secondary N) is 3. The van der Waals surface area contributed by atoms with Crippen molar-refractivity contribution in [2.24, 2.45) is 11.8 Å². The highest BCUT2D eigenvalue weighted by atomic mass is 32.1. The number of aliphatic hydroxyl groups is 1. The number of methoxy groups -OCH3 is 2. The van der Waals surface area contributed by atoms with Crippen LogP contribution in [0.2, 0.25) is 0 Å². The Morgan fingerprint density at radius 3 is 2.34 bits per heavy atom. The predicted molar refractivity (Wildman–Crippen MR) is 204 cm³/mol. The Labute approximate surface area is 317 Å². The molecule has 1 fully saturated rings. The van der Waals surface area contributed by atoms with Crippen LogP contribution in [0.3, 0.4) is 0 Å². The number of hydrogen-bond donors (Lipinski definition) is 4. The van der Waals surface area contributed by atoms with Crippen LogP contribution in [-0.4, -0.2) is 84.6 Å². The number of benzene rings is 2. The number of aliphatic hydroxyl groups excluding tert-OH is 1. The summed E-state index contributed by atoms with van der Waals surface area (Å²) in [6.07, 6.45) is 3.23. The number of hydrogen-bond acceptors (Lipinski definition) is 10. The summed E-state index contributed by atoms with van der Waals surface area (Å²) in [6, 6.07) is 14.8. The third-order valence-corrected chi connectivity index (χ3v) is 11.0. The number of nitrogens with zero attached hydrogens (tertiary/aromatic N) is 2. The Morgan fingerprint density at radius 2 is 1.70 bits per heavy atom. The molecule has 0 saturated carbocycles. The van der Waals surface area contributed by atoms with Gasteiger partial charge in [0.15, 0.2) is 0 Å². The lowest BCUT2D eigenvalue weighted by Crippen LogP contribution is -2.56. The van der Waals surface area contributed by atoms with E-state index in [9.17, 15) is 24.3 Å². The first-order valence-electron chi connectivity index (χ1n) is 18.4. The lowest BCUT2D eigenvalue weighted by Gasteiger charge is -2.34. The van der Waals surface area contributed by atoms with E-state index in [1.54, 1.807) is 31.5 Å². The first-order chi connectivity index (χ1) is 25.4. The SMILES string of the molecule is CC[C@H](C)[C@H](NC(=O)[C@H]1CCCCN1C)C(=O)N[C@H](C[C@@H](O)c1nc(C(=O)NC(Cc2ccccc2)CC(C)C(=O)OC)cs1)c1ccc(OC)cc1. The molecule has 4 N–H and O–H groups in total. The summed E-state index contributed by atoms with van der Waals surface area (Å²) >= 11 is 1.15. The van der Waals surface area contributed by atoms with Gasteiger partial charge in [-0.3, -0.25) is 24.1 Å². The second-order valence-electron chi connectivity index (χ2n) is 14.0. The minimum Gasteiger partial charge on any atom is -0.497 e. The summed E-state index contributed by atoms with van der Waals surface area (Å²) in [5.74, 6) is -1.22. The fourth-order valence-corrected chi connectivity index (χ4v) is 7.47. The van der Waals surface area contributed by atoms with E-state index in [-0.39, 0.29) is 47.9 Å². The van der Waals surface area contributed by atoms with Gasteiger partial charge in [0.25, 0.3) is 5.91 Å². The number of rotatable bonds is 18. The molecule has 3 amide bonds. The molecule has 4 rings (SSSR count).